The minimum atomic E-state index is -0.231. The van der Waals surface area contributed by atoms with Gasteiger partial charge in [0, 0.05) is 11.6 Å². The van der Waals surface area contributed by atoms with Gasteiger partial charge in [-0.05, 0) is 36.6 Å². The zero-order valence-electron chi connectivity index (χ0n) is 14.2. The monoisotopic (exact) mass is 366 g/mol. The number of fused-ring (bicyclic) bond motifs is 2. The second-order valence-electron chi connectivity index (χ2n) is 5.93. The Bertz CT molecular complexity index is 1060. The summed E-state index contributed by atoms with van der Waals surface area (Å²) in [7, 11) is 0. The Labute approximate surface area is 154 Å². The number of para-hydroxylation sites is 1. The van der Waals surface area contributed by atoms with Crippen LogP contribution in [0.25, 0.3) is 16.6 Å². The molecule has 4 aromatic rings. The first-order chi connectivity index (χ1) is 12.8. The molecule has 0 saturated heterocycles. The average Bonchev–Trinajstić information content (AvgIpc) is 3.31. The summed E-state index contributed by atoms with van der Waals surface area (Å²) in [5, 5.41) is 19.5. The number of pyridine rings is 1. The molecular weight excluding hydrogens is 348 g/mol. The topological polar surface area (TPSA) is 88.0 Å². The molecule has 1 atom stereocenters. The Balaban J connectivity index is 1.67. The molecule has 1 aromatic carbocycles. The summed E-state index contributed by atoms with van der Waals surface area (Å²) >= 11 is 1.73. The lowest BCUT2D eigenvalue weighted by Crippen LogP contribution is -2.30. The number of carbonyl (C=O) groups is 1. The zero-order chi connectivity index (χ0) is 17.9. The molecule has 0 bridgehead atoms. The number of carbonyl (C=O) groups excluding carboxylic acids is 1. The van der Waals surface area contributed by atoms with Crippen molar-refractivity contribution in [2.24, 2.45) is 0 Å². The fraction of sp³-hybridized carbons (Fsp3) is 0.222. The summed E-state index contributed by atoms with van der Waals surface area (Å²) in [6.07, 6.45) is 6.44. The van der Waals surface area contributed by atoms with Gasteiger partial charge in [0.15, 0.2) is 11.5 Å². The number of hydrogen-bond donors (Lipinski definition) is 2. The van der Waals surface area contributed by atoms with Crippen molar-refractivity contribution < 1.29 is 4.79 Å². The Morgan fingerprint density at radius 3 is 3.08 bits per heavy atom. The standard InChI is InChI=1S/C18H18N6OS/c1-26-10-8-14(17-23-21-15-7-2-3-9-24(15)17)20-18(25)13-6-4-5-12-11-19-22-16(12)13/h2-7,9,11,14H,8,10H2,1H3,(H,19,22)(H,20,25). The Kier molecular flexibility index (Phi) is 4.57. The first-order valence-electron chi connectivity index (χ1n) is 8.29. The molecule has 0 aliphatic rings. The molecular formula is C18H18N6OS. The molecule has 0 radical (unpaired) electrons. The van der Waals surface area contributed by atoms with Gasteiger partial charge in [-0.3, -0.25) is 14.3 Å². The van der Waals surface area contributed by atoms with E-state index in [9.17, 15) is 4.79 Å². The van der Waals surface area contributed by atoms with E-state index in [0.29, 0.717) is 5.56 Å². The van der Waals surface area contributed by atoms with Crippen molar-refractivity contribution in [2.45, 2.75) is 12.5 Å². The summed E-state index contributed by atoms with van der Waals surface area (Å²) in [5.41, 5.74) is 2.07. The van der Waals surface area contributed by atoms with Crippen LogP contribution >= 0.6 is 11.8 Å². The maximum atomic E-state index is 12.9. The predicted molar refractivity (Wildman–Crippen MR) is 102 cm³/mol. The van der Waals surface area contributed by atoms with E-state index in [-0.39, 0.29) is 11.9 Å². The molecule has 3 aromatic heterocycles. The third-order valence-electron chi connectivity index (χ3n) is 4.29. The summed E-state index contributed by atoms with van der Waals surface area (Å²) in [6.45, 7) is 0. The third-order valence-corrected chi connectivity index (χ3v) is 4.93. The molecule has 7 nitrogen and oxygen atoms in total. The molecule has 1 unspecified atom stereocenters. The lowest BCUT2D eigenvalue weighted by atomic mass is 10.1. The average molecular weight is 366 g/mol. The fourth-order valence-electron chi connectivity index (χ4n) is 2.99. The van der Waals surface area contributed by atoms with Gasteiger partial charge < -0.3 is 5.32 Å². The Morgan fingerprint density at radius 1 is 1.27 bits per heavy atom. The predicted octanol–water partition coefficient (Wildman–Crippen LogP) is 2.83. The van der Waals surface area contributed by atoms with Crippen molar-refractivity contribution >= 4 is 34.2 Å². The SMILES string of the molecule is CSCCC(NC(=O)c1cccc2cn[nH]c12)c1nnc2ccccn12. The second-order valence-corrected chi connectivity index (χ2v) is 6.92. The maximum Gasteiger partial charge on any atom is 0.254 e. The fourth-order valence-corrected chi connectivity index (χ4v) is 3.46. The molecule has 3 heterocycles. The smallest absolute Gasteiger partial charge is 0.254 e. The third kappa shape index (κ3) is 3.03. The normalized spacial score (nSPS) is 12.5. The van der Waals surface area contributed by atoms with Crippen molar-refractivity contribution in [1.29, 1.82) is 0 Å². The number of aromatic amines is 1. The van der Waals surface area contributed by atoms with E-state index < -0.39 is 0 Å². The van der Waals surface area contributed by atoms with E-state index in [1.165, 1.54) is 0 Å². The van der Waals surface area contributed by atoms with Crippen LogP contribution in [-0.4, -0.2) is 42.7 Å². The molecule has 0 spiro atoms. The first-order valence-corrected chi connectivity index (χ1v) is 9.69. The molecule has 0 fully saturated rings. The number of aromatic nitrogens is 5. The summed E-state index contributed by atoms with van der Waals surface area (Å²) in [6, 6.07) is 11.1. The minimum absolute atomic E-state index is 0.154. The van der Waals surface area contributed by atoms with Crippen molar-refractivity contribution in [3.8, 4) is 0 Å². The zero-order valence-corrected chi connectivity index (χ0v) is 15.0. The van der Waals surface area contributed by atoms with E-state index in [1.54, 1.807) is 24.0 Å². The van der Waals surface area contributed by atoms with Gasteiger partial charge in [-0.25, -0.2) is 0 Å². The van der Waals surface area contributed by atoms with Crippen molar-refractivity contribution in [2.75, 3.05) is 12.0 Å². The second kappa shape index (κ2) is 7.17. The van der Waals surface area contributed by atoms with Gasteiger partial charge in [-0.1, -0.05) is 18.2 Å². The quantitative estimate of drug-likeness (QED) is 0.548. The molecule has 8 heteroatoms. The minimum Gasteiger partial charge on any atom is -0.342 e. The molecule has 1 amide bonds. The number of nitrogens with one attached hydrogen (secondary N) is 2. The highest BCUT2D eigenvalue weighted by atomic mass is 32.2. The van der Waals surface area contributed by atoms with Gasteiger partial charge in [0.2, 0.25) is 0 Å². The van der Waals surface area contributed by atoms with Gasteiger partial charge >= 0.3 is 0 Å². The molecule has 0 aliphatic heterocycles. The number of nitrogens with zero attached hydrogens (tertiary/aromatic N) is 4. The van der Waals surface area contributed by atoms with Crippen LogP contribution in [0, 0.1) is 0 Å². The maximum absolute atomic E-state index is 12.9. The number of rotatable bonds is 6. The first kappa shape index (κ1) is 16.6. The number of amides is 1. The van der Waals surface area contributed by atoms with Crippen LogP contribution in [0.2, 0.25) is 0 Å². The van der Waals surface area contributed by atoms with Crippen LogP contribution in [0.4, 0.5) is 0 Å². The number of benzene rings is 1. The van der Waals surface area contributed by atoms with Gasteiger partial charge in [0.25, 0.3) is 5.91 Å². The summed E-state index contributed by atoms with van der Waals surface area (Å²) in [5.74, 6) is 1.49. The molecule has 0 aliphatic carbocycles. The van der Waals surface area contributed by atoms with Crippen molar-refractivity contribution in [3.63, 3.8) is 0 Å². The van der Waals surface area contributed by atoms with E-state index >= 15 is 0 Å². The lowest BCUT2D eigenvalue weighted by molar-refractivity contribution is 0.0935. The van der Waals surface area contributed by atoms with E-state index in [2.05, 4.69) is 25.7 Å². The molecule has 2 N–H and O–H groups in total. The number of hydrogen-bond acceptors (Lipinski definition) is 5. The van der Waals surface area contributed by atoms with Gasteiger partial charge in [0.1, 0.15) is 0 Å². The van der Waals surface area contributed by atoms with Gasteiger partial charge in [-0.15, -0.1) is 10.2 Å². The summed E-state index contributed by atoms with van der Waals surface area (Å²) < 4.78 is 1.92. The van der Waals surface area contributed by atoms with E-state index in [0.717, 1.165) is 34.5 Å². The highest BCUT2D eigenvalue weighted by Gasteiger charge is 2.22. The largest absolute Gasteiger partial charge is 0.342 e. The number of H-pyrrole nitrogens is 1. The van der Waals surface area contributed by atoms with E-state index in [4.69, 9.17) is 0 Å². The Morgan fingerprint density at radius 2 is 2.19 bits per heavy atom. The van der Waals surface area contributed by atoms with Crippen LogP contribution in [0.5, 0.6) is 0 Å². The Hall–Kier alpha value is -2.87. The van der Waals surface area contributed by atoms with Crippen LogP contribution in [0.3, 0.4) is 0 Å². The van der Waals surface area contributed by atoms with Crippen LogP contribution in [0.1, 0.15) is 28.6 Å². The van der Waals surface area contributed by atoms with Gasteiger partial charge in [-0.2, -0.15) is 16.9 Å². The van der Waals surface area contributed by atoms with Crippen LogP contribution in [0.15, 0.2) is 48.8 Å². The van der Waals surface area contributed by atoms with Crippen molar-refractivity contribution in [1.82, 2.24) is 30.1 Å². The number of thioether (sulfide) groups is 1. The molecule has 132 valence electrons. The van der Waals surface area contributed by atoms with Crippen LogP contribution in [-0.2, 0) is 0 Å². The highest BCUT2D eigenvalue weighted by Crippen LogP contribution is 2.21. The molecule has 4 rings (SSSR count). The highest BCUT2D eigenvalue weighted by molar-refractivity contribution is 7.98. The van der Waals surface area contributed by atoms with Crippen LogP contribution < -0.4 is 5.32 Å². The summed E-state index contributed by atoms with van der Waals surface area (Å²) in [4.78, 5) is 12.9. The lowest BCUT2D eigenvalue weighted by Gasteiger charge is -2.17. The van der Waals surface area contributed by atoms with E-state index in [1.807, 2.05) is 47.2 Å². The molecule has 0 saturated carbocycles. The molecule has 26 heavy (non-hydrogen) atoms. The van der Waals surface area contributed by atoms with Crippen molar-refractivity contribution in [3.05, 3.63) is 60.2 Å². The van der Waals surface area contributed by atoms with Gasteiger partial charge in [0.05, 0.1) is 23.3 Å².